The third-order valence-corrected chi connectivity index (χ3v) is 6.50. The maximum Gasteiger partial charge on any atom is 0.338 e. The Hall–Kier alpha value is -3.52. The second-order valence-electron chi connectivity index (χ2n) is 8.55. The molecule has 0 spiro atoms. The molecule has 1 aliphatic carbocycles. The summed E-state index contributed by atoms with van der Waals surface area (Å²) < 4.78 is 15.5. The van der Waals surface area contributed by atoms with E-state index >= 15 is 0 Å². The van der Waals surface area contributed by atoms with Crippen LogP contribution >= 0.6 is 12.4 Å². The minimum atomic E-state index is -1.81. The molecule has 1 aliphatic rings. The van der Waals surface area contributed by atoms with Gasteiger partial charge in [0.2, 0.25) is 0 Å². The molecule has 7 nitrogen and oxygen atoms in total. The molecule has 34 heavy (non-hydrogen) atoms. The molecular formula is C25H25ClFN5O2. The summed E-state index contributed by atoms with van der Waals surface area (Å²) in [7, 11) is 0. The fourth-order valence-electron chi connectivity index (χ4n) is 4.66. The van der Waals surface area contributed by atoms with Crippen LogP contribution in [0.2, 0.25) is 0 Å². The molecule has 176 valence electrons. The molecule has 4 aromatic rings. The van der Waals surface area contributed by atoms with E-state index in [0.717, 1.165) is 28.1 Å². The summed E-state index contributed by atoms with van der Waals surface area (Å²) in [6.07, 6.45) is 4.13. The van der Waals surface area contributed by atoms with Crippen molar-refractivity contribution in [3.8, 4) is 22.4 Å². The van der Waals surface area contributed by atoms with Gasteiger partial charge in [-0.15, -0.1) is 12.4 Å². The zero-order valence-corrected chi connectivity index (χ0v) is 19.2. The fraction of sp³-hybridized carbons (Fsp3) is 0.280. The number of alkyl halides is 1. The predicted molar refractivity (Wildman–Crippen MR) is 131 cm³/mol. The highest BCUT2D eigenvalue weighted by Crippen LogP contribution is 2.38. The second-order valence-corrected chi connectivity index (χ2v) is 8.55. The lowest BCUT2D eigenvalue weighted by molar-refractivity contribution is -0.145. The number of hydrogen-bond acceptors (Lipinski definition) is 5. The normalized spacial score (nSPS) is 18.9. The third kappa shape index (κ3) is 4.46. The highest BCUT2D eigenvalue weighted by molar-refractivity contribution is 5.85. The molecule has 1 aromatic carbocycles. The van der Waals surface area contributed by atoms with Gasteiger partial charge in [-0.3, -0.25) is 4.98 Å². The smallest absolute Gasteiger partial charge is 0.338 e. The molecular weight excluding hydrogens is 457 g/mol. The van der Waals surface area contributed by atoms with E-state index in [1.807, 2.05) is 54.7 Å². The summed E-state index contributed by atoms with van der Waals surface area (Å²) in [5, 5.41) is 13.4. The SMILES string of the molecule is Cl.Nc1cc(C2CCC([C@H](F)C(=O)O)CC2)nc2c(-c3ccc(-c4ccccc4)nc3)cnn12. The molecule has 9 heteroatoms. The zero-order valence-electron chi connectivity index (χ0n) is 18.3. The molecule has 5 rings (SSSR count). The molecule has 3 aromatic heterocycles. The molecule has 3 heterocycles. The van der Waals surface area contributed by atoms with Crippen molar-refractivity contribution < 1.29 is 14.3 Å². The van der Waals surface area contributed by atoms with Crippen LogP contribution in [0.15, 0.2) is 60.9 Å². The first-order chi connectivity index (χ1) is 16.0. The van der Waals surface area contributed by atoms with E-state index in [1.54, 1.807) is 10.7 Å². The summed E-state index contributed by atoms with van der Waals surface area (Å²) in [5.41, 5.74) is 11.4. The maximum absolute atomic E-state index is 13.9. The van der Waals surface area contributed by atoms with Crippen molar-refractivity contribution >= 4 is 29.8 Å². The number of fused-ring (bicyclic) bond motifs is 1. The molecule has 1 atom stereocenters. The topological polar surface area (TPSA) is 106 Å². The first-order valence-corrected chi connectivity index (χ1v) is 11.0. The molecule has 1 fully saturated rings. The van der Waals surface area contributed by atoms with E-state index in [9.17, 15) is 9.18 Å². The number of hydrogen-bond donors (Lipinski definition) is 2. The van der Waals surface area contributed by atoms with E-state index in [4.69, 9.17) is 15.8 Å². The van der Waals surface area contributed by atoms with Gasteiger partial charge in [0.1, 0.15) is 5.82 Å². The van der Waals surface area contributed by atoms with E-state index in [2.05, 4.69) is 10.1 Å². The Bertz CT molecular complexity index is 1290. The lowest BCUT2D eigenvalue weighted by Gasteiger charge is -2.28. The largest absolute Gasteiger partial charge is 0.479 e. The summed E-state index contributed by atoms with van der Waals surface area (Å²) in [6, 6.07) is 15.7. The van der Waals surface area contributed by atoms with Crippen LogP contribution in [0, 0.1) is 5.92 Å². The summed E-state index contributed by atoms with van der Waals surface area (Å²) in [6.45, 7) is 0. The minimum Gasteiger partial charge on any atom is -0.479 e. The van der Waals surface area contributed by atoms with Gasteiger partial charge in [-0.25, -0.2) is 14.2 Å². The number of nitrogen functional groups attached to an aromatic ring is 1. The predicted octanol–water partition coefficient (Wildman–Crippen LogP) is 5.16. The van der Waals surface area contributed by atoms with Gasteiger partial charge in [0, 0.05) is 46.5 Å². The second kappa shape index (κ2) is 9.77. The lowest BCUT2D eigenvalue weighted by atomic mass is 9.78. The van der Waals surface area contributed by atoms with Crippen molar-refractivity contribution in [3.05, 3.63) is 66.6 Å². The van der Waals surface area contributed by atoms with Crippen LogP contribution in [0.1, 0.15) is 37.3 Å². The molecule has 3 N–H and O–H groups in total. The molecule has 0 amide bonds. The molecule has 1 saturated carbocycles. The van der Waals surface area contributed by atoms with Crippen LogP contribution in [0.25, 0.3) is 28.0 Å². The van der Waals surface area contributed by atoms with Crippen LogP contribution in [0.3, 0.4) is 0 Å². The number of rotatable bonds is 5. The number of aliphatic carboxylic acids is 1. The van der Waals surface area contributed by atoms with E-state index < -0.39 is 18.1 Å². The van der Waals surface area contributed by atoms with E-state index in [0.29, 0.717) is 37.1 Å². The van der Waals surface area contributed by atoms with Crippen molar-refractivity contribution in [2.45, 2.75) is 37.8 Å². The Balaban J connectivity index is 0.00000274. The van der Waals surface area contributed by atoms with Gasteiger partial charge in [-0.05, 0) is 31.7 Å². The zero-order chi connectivity index (χ0) is 22.9. The van der Waals surface area contributed by atoms with Crippen LogP contribution < -0.4 is 5.73 Å². The Kier molecular flexibility index (Phi) is 6.79. The van der Waals surface area contributed by atoms with Gasteiger partial charge in [0.05, 0.1) is 11.9 Å². The van der Waals surface area contributed by atoms with Gasteiger partial charge < -0.3 is 10.8 Å². The van der Waals surface area contributed by atoms with Crippen molar-refractivity contribution in [2.24, 2.45) is 5.92 Å². The van der Waals surface area contributed by atoms with Crippen LogP contribution in [0.4, 0.5) is 10.2 Å². The number of carbonyl (C=O) groups is 1. The number of aromatic nitrogens is 4. The summed E-state index contributed by atoms with van der Waals surface area (Å²) in [4.78, 5) is 20.4. The highest BCUT2D eigenvalue weighted by Gasteiger charge is 2.33. The van der Waals surface area contributed by atoms with Crippen molar-refractivity contribution in [3.63, 3.8) is 0 Å². The Labute approximate surface area is 202 Å². The number of pyridine rings is 1. The van der Waals surface area contributed by atoms with Gasteiger partial charge in [0.15, 0.2) is 11.8 Å². The third-order valence-electron chi connectivity index (χ3n) is 6.50. The van der Waals surface area contributed by atoms with Crippen molar-refractivity contribution in [1.82, 2.24) is 19.6 Å². The first kappa shape index (κ1) is 23.6. The number of carboxylic acid groups (broad SMARTS) is 1. The monoisotopic (exact) mass is 481 g/mol. The first-order valence-electron chi connectivity index (χ1n) is 11.0. The van der Waals surface area contributed by atoms with Gasteiger partial charge in [-0.2, -0.15) is 9.61 Å². The number of nitrogens with two attached hydrogens (primary N) is 1. The number of nitrogens with zero attached hydrogens (tertiary/aromatic N) is 4. The Morgan fingerprint density at radius 3 is 2.44 bits per heavy atom. The molecule has 0 radical (unpaired) electrons. The van der Waals surface area contributed by atoms with E-state index in [1.165, 1.54) is 0 Å². The number of halogens is 2. The van der Waals surface area contributed by atoms with Crippen LogP contribution in [-0.4, -0.2) is 36.8 Å². The number of carboxylic acids is 1. The quantitative estimate of drug-likeness (QED) is 0.408. The number of anilines is 1. The van der Waals surface area contributed by atoms with E-state index in [-0.39, 0.29) is 18.3 Å². The summed E-state index contributed by atoms with van der Waals surface area (Å²) >= 11 is 0. The molecule has 0 aliphatic heterocycles. The van der Waals surface area contributed by atoms with Gasteiger partial charge in [0.25, 0.3) is 0 Å². The van der Waals surface area contributed by atoms with Gasteiger partial charge in [-0.1, -0.05) is 36.4 Å². The summed E-state index contributed by atoms with van der Waals surface area (Å²) in [5.74, 6) is -1.24. The van der Waals surface area contributed by atoms with Crippen LogP contribution in [-0.2, 0) is 4.79 Å². The minimum absolute atomic E-state index is 0. The standard InChI is InChI=1S/C25H24FN5O2.ClH/c26-23(25(32)33)17-8-6-16(7-9-17)21-12-22(27)31-24(30-21)19(14-29-31)18-10-11-20(28-13-18)15-4-2-1-3-5-15;/h1-5,10-14,16-17,23H,6-9,27H2,(H,32,33);1H/t16?,17?,23-;/m0./s1. The van der Waals surface area contributed by atoms with Crippen molar-refractivity contribution in [2.75, 3.05) is 5.73 Å². The molecule has 0 saturated heterocycles. The highest BCUT2D eigenvalue weighted by atomic mass is 35.5. The van der Waals surface area contributed by atoms with Crippen molar-refractivity contribution in [1.29, 1.82) is 0 Å². The maximum atomic E-state index is 13.9. The Morgan fingerprint density at radius 1 is 1.06 bits per heavy atom. The average Bonchev–Trinajstić information content (AvgIpc) is 3.29. The lowest BCUT2D eigenvalue weighted by Crippen LogP contribution is -2.28. The fourth-order valence-corrected chi connectivity index (χ4v) is 4.66. The average molecular weight is 482 g/mol. The number of benzene rings is 1. The van der Waals surface area contributed by atoms with Crippen LogP contribution in [0.5, 0.6) is 0 Å². The van der Waals surface area contributed by atoms with Gasteiger partial charge >= 0.3 is 5.97 Å². The Morgan fingerprint density at radius 2 is 1.79 bits per heavy atom. The molecule has 0 unspecified atom stereocenters. The molecule has 0 bridgehead atoms.